The Morgan fingerprint density at radius 3 is 2.40 bits per heavy atom. The molecule has 0 fully saturated rings. The Balaban J connectivity index is 1.61. The van der Waals surface area contributed by atoms with Gasteiger partial charge in [-0.3, -0.25) is 0 Å². The van der Waals surface area contributed by atoms with Crippen molar-refractivity contribution in [3.05, 3.63) is 101 Å². The lowest BCUT2D eigenvalue weighted by molar-refractivity contribution is -0.897. The van der Waals surface area contributed by atoms with Gasteiger partial charge in [0.25, 0.3) is 0 Å². The highest BCUT2D eigenvalue weighted by Crippen LogP contribution is 2.28. The van der Waals surface area contributed by atoms with Crippen LogP contribution >= 0.6 is 0 Å². The van der Waals surface area contributed by atoms with Gasteiger partial charge in [-0.25, -0.2) is 0 Å². The number of aliphatic hydroxyl groups is 1. The Kier molecular flexibility index (Phi) is 8.03. The Bertz CT molecular complexity index is 913. The van der Waals surface area contributed by atoms with Crippen molar-refractivity contribution in [1.82, 2.24) is 0 Å². The van der Waals surface area contributed by atoms with Crippen molar-refractivity contribution >= 4 is 0 Å². The van der Waals surface area contributed by atoms with E-state index in [0.717, 1.165) is 23.4 Å². The number of benzene rings is 3. The van der Waals surface area contributed by atoms with E-state index >= 15 is 0 Å². The maximum absolute atomic E-state index is 10.6. The molecule has 4 nitrogen and oxygen atoms in total. The predicted octanol–water partition coefficient (Wildman–Crippen LogP) is 3.19. The first-order valence-electron chi connectivity index (χ1n) is 10.4. The standard InChI is InChI=1S/C26H31NO3/c1-20-10-7-8-15-25(20)26(22-12-5-4-6-13-22)30-19-23(28)18-27(2)17-21-11-9-14-24(16-21)29-3/h4-16,23,26,28H,17-19H2,1-3H3/p+1/t23-,26+/m1/s1. The maximum atomic E-state index is 10.6. The van der Waals surface area contributed by atoms with Crippen LogP contribution in [0.2, 0.25) is 0 Å². The van der Waals surface area contributed by atoms with Gasteiger partial charge in [0.05, 0.1) is 20.8 Å². The highest BCUT2D eigenvalue weighted by atomic mass is 16.5. The molecule has 0 heterocycles. The Morgan fingerprint density at radius 1 is 0.933 bits per heavy atom. The van der Waals surface area contributed by atoms with Gasteiger partial charge in [0.1, 0.15) is 31.0 Å². The summed E-state index contributed by atoms with van der Waals surface area (Å²) in [6.07, 6.45) is -0.744. The molecule has 0 bridgehead atoms. The monoisotopic (exact) mass is 406 g/mol. The molecule has 3 atom stereocenters. The third-order valence-electron chi connectivity index (χ3n) is 5.25. The van der Waals surface area contributed by atoms with E-state index in [1.807, 2.05) is 48.5 Å². The fourth-order valence-corrected chi connectivity index (χ4v) is 3.75. The number of likely N-dealkylation sites (N-methyl/N-ethyl adjacent to an activating group) is 1. The van der Waals surface area contributed by atoms with E-state index in [4.69, 9.17) is 9.47 Å². The molecule has 1 unspecified atom stereocenters. The molecule has 4 heteroatoms. The van der Waals surface area contributed by atoms with E-state index < -0.39 is 6.10 Å². The zero-order chi connectivity index (χ0) is 21.3. The van der Waals surface area contributed by atoms with Crippen LogP contribution in [0.3, 0.4) is 0 Å². The first-order valence-corrected chi connectivity index (χ1v) is 10.4. The molecule has 158 valence electrons. The quantitative estimate of drug-likeness (QED) is 0.544. The number of aliphatic hydroxyl groups excluding tert-OH is 1. The van der Waals surface area contributed by atoms with Crippen LogP contribution in [0.4, 0.5) is 0 Å². The van der Waals surface area contributed by atoms with Crippen LogP contribution in [0, 0.1) is 6.92 Å². The van der Waals surface area contributed by atoms with E-state index in [0.29, 0.717) is 6.54 Å². The second-order valence-corrected chi connectivity index (χ2v) is 7.82. The van der Waals surface area contributed by atoms with E-state index in [9.17, 15) is 5.11 Å². The number of methoxy groups -OCH3 is 1. The summed E-state index contributed by atoms with van der Waals surface area (Å²) in [6.45, 7) is 3.79. The van der Waals surface area contributed by atoms with E-state index in [1.165, 1.54) is 16.0 Å². The van der Waals surface area contributed by atoms with Gasteiger partial charge in [0.2, 0.25) is 0 Å². The van der Waals surface area contributed by atoms with Crippen molar-refractivity contribution in [3.63, 3.8) is 0 Å². The zero-order valence-corrected chi connectivity index (χ0v) is 18.0. The van der Waals surface area contributed by atoms with Crippen LogP contribution in [-0.4, -0.2) is 38.5 Å². The molecule has 3 aromatic carbocycles. The third-order valence-corrected chi connectivity index (χ3v) is 5.25. The molecule has 3 aromatic rings. The van der Waals surface area contributed by atoms with Gasteiger partial charge in [-0.2, -0.15) is 0 Å². The van der Waals surface area contributed by atoms with Crippen molar-refractivity contribution in [2.75, 3.05) is 27.3 Å². The summed E-state index contributed by atoms with van der Waals surface area (Å²) in [5.74, 6) is 0.855. The van der Waals surface area contributed by atoms with Crippen molar-refractivity contribution < 1.29 is 19.5 Å². The number of hydrogen-bond acceptors (Lipinski definition) is 3. The van der Waals surface area contributed by atoms with E-state index in [1.54, 1.807) is 7.11 Å². The minimum atomic E-state index is -0.550. The van der Waals surface area contributed by atoms with Gasteiger partial charge in [0.15, 0.2) is 0 Å². The van der Waals surface area contributed by atoms with Crippen molar-refractivity contribution in [2.45, 2.75) is 25.7 Å². The van der Waals surface area contributed by atoms with Crippen LogP contribution in [0.15, 0.2) is 78.9 Å². The van der Waals surface area contributed by atoms with Gasteiger partial charge in [-0.15, -0.1) is 0 Å². The number of aryl methyl sites for hydroxylation is 1. The topological polar surface area (TPSA) is 43.1 Å². The van der Waals surface area contributed by atoms with Crippen LogP contribution < -0.4 is 9.64 Å². The molecular weight excluding hydrogens is 374 g/mol. The van der Waals surface area contributed by atoms with Crippen LogP contribution in [-0.2, 0) is 11.3 Å². The van der Waals surface area contributed by atoms with Crippen molar-refractivity contribution in [1.29, 1.82) is 0 Å². The van der Waals surface area contributed by atoms with Gasteiger partial charge in [0, 0.05) is 5.56 Å². The second-order valence-electron chi connectivity index (χ2n) is 7.82. The van der Waals surface area contributed by atoms with Crippen LogP contribution in [0.5, 0.6) is 5.75 Å². The minimum Gasteiger partial charge on any atom is -0.497 e. The number of ether oxygens (including phenoxy) is 2. The summed E-state index contributed by atoms with van der Waals surface area (Å²) < 4.78 is 11.6. The smallest absolute Gasteiger partial charge is 0.126 e. The lowest BCUT2D eigenvalue weighted by Crippen LogP contribution is -3.08. The highest BCUT2D eigenvalue weighted by Gasteiger charge is 2.20. The summed E-state index contributed by atoms with van der Waals surface area (Å²) in [6, 6.07) is 26.5. The summed E-state index contributed by atoms with van der Waals surface area (Å²) in [4.78, 5) is 1.21. The number of hydrogen-bond donors (Lipinski definition) is 2. The van der Waals surface area contributed by atoms with Gasteiger partial charge in [-0.1, -0.05) is 66.7 Å². The average molecular weight is 407 g/mol. The summed E-state index contributed by atoms with van der Waals surface area (Å²) in [7, 11) is 3.76. The molecule has 0 aliphatic carbocycles. The lowest BCUT2D eigenvalue weighted by atomic mass is 9.97. The molecule has 0 saturated carbocycles. The molecule has 30 heavy (non-hydrogen) atoms. The van der Waals surface area contributed by atoms with Gasteiger partial charge >= 0.3 is 0 Å². The first-order chi connectivity index (χ1) is 14.6. The fourth-order valence-electron chi connectivity index (χ4n) is 3.75. The summed E-state index contributed by atoms with van der Waals surface area (Å²) in [5.41, 5.74) is 4.59. The number of quaternary nitrogens is 1. The summed E-state index contributed by atoms with van der Waals surface area (Å²) in [5, 5.41) is 10.6. The average Bonchev–Trinajstić information content (AvgIpc) is 2.76. The molecule has 0 amide bonds. The third kappa shape index (κ3) is 6.17. The molecule has 2 N–H and O–H groups in total. The van der Waals surface area contributed by atoms with Gasteiger partial charge in [-0.05, 0) is 35.7 Å². The minimum absolute atomic E-state index is 0.194. The Hall–Kier alpha value is -2.66. The highest BCUT2D eigenvalue weighted by molar-refractivity contribution is 5.35. The molecule has 0 spiro atoms. The lowest BCUT2D eigenvalue weighted by Gasteiger charge is -2.24. The maximum Gasteiger partial charge on any atom is 0.126 e. The van der Waals surface area contributed by atoms with E-state index in [2.05, 4.69) is 44.3 Å². The van der Waals surface area contributed by atoms with Crippen LogP contribution in [0.1, 0.15) is 28.4 Å². The number of rotatable bonds is 10. The molecule has 3 rings (SSSR count). The fraction of sp³-hybridized carbons (Fsp3) is 0.308. The molecular formula is C26H32NO3+. The second kappa shape index (κ2) is 10.9. The molecule has 0 aliphatic rings. The largest absolute Gasteiger partial charge is 0.497 e. The van der Waals surface area contributed by atoms with Crippen molar-refractivity contribution in [2.24, 2.45) is 0 Å². The van der Waals surface area contributed by atoms with E-state index in [-0.39, 0.29) is 12.7 Å². The molecule has 0 aromatic heterocycles. The van der Waals surface area contributed by atoms with Gasteiger partial charge < -0.3 is 19.5 Å². The molecule has 0 aliphatic heterocycles. The summed E-state index contributed by atoms with van der Waals surface area (Å²) >= 11 is 0. The Morgan fingerprint density at radius 2 is 1.67 bits per heavy atom. The zero-order valence-electron chi connectivity index (χ0n) is 18.0. The molecule has 0 saturated heterocycles. The van der Waals surface area contributed by atoms with Crippen LogP contribution in [0.25, 0.3) is 0 Å². The normalized spacial score (nSPS) is 14.1. The predicted molar refractivity (Wildman–Crippen MR) is 120 cm³/mol. The Labute approximate surface area is 179 Å². The SMILES string of the molecule is COc1cccc(C[NH+](C)C[C@@H](O)CO[C@@H](c2ccccc2)c2ccccc2C)c1. The van der Waals surface area contributed by atoms with Crippen molar-refractivity contribution in [3.8, 4) is 5.75 Å². The number of nitrogens with one attached hydrogen (secondary N) is 1. The molecule has 0 radical (unpaired) electrons. The first kappa shape index (κ1) is 22.0.